The van der Waals surface area contributed by atoms with E-state index in [-0.39, 0.29) is 23.9 Å². The molecule has 0 aliphatic heterocycles. The van der Waals surface area contributed by atoms with Crippen molar-refractivity contribution >= 4 is 11.6 Å². The molecule has 0 aliphatic rings. The molecule has 0 atom stereocenters. The third-order valence-electron chi connectivity index (χ3n) is 2.44. The van der Waals surface area contributed by atoms with Crippen LogP contribution in [0.2, 0.25) is 0 Å². The number of hydrogen-bond donors (Lipinski definition) is 2. The summed E-state index contributed by atoms with van der Waals surface area (Å²) in [6.45, 7) is 0.164. The standard InChI is InChI=1S/C13H12F3N3O3/c1-21-7-9-6-11(20)19-12(18-9)17-8-2-4-10(5-3-8)22-13(14,15)16/h2-6H,7H2,1H3,(H2,17,18,19,20). The Morgan fingerprint density at radius 1 is 1.27 bits per heavy atom. The first-order chi connectivity index (χ1) is 10.4. The fourth-order valence-corrected chi connectivity index (χ4v) is 1.67. The van der Waals surface area contributed by atoms with Crippen LogP contribution in [-0.2, 0) is 11.3 Å². The summed E-state index contributed by atoms with van der Waals surface area (Å²) in [6.07, 6.45) is -4.74. The first-order valence-corrected chi connectivity index (χ1v) is 6.08. The Morgan fingerprint density at radius 3 is 2.55 bits per heavy atom. The van der Waals surface area contributed by atoms with Crippen molar-refractivity contribution in [3.8, 4) is 5.75 Å². The largest absolute Gasteiger partial charge is 0.573 e. The number of H-pyrrole nitrogens is 1. The lowest BCUT2D eigenvalue weighted by Gasteiger charge is -2.10. The number of methoxy groups -OCH3 is 1. The number of anilines is 2. The number of ether oxygens (including phenoxy) is 2. The van der Waals surface area contributed by atoms with Gasteiger partial charge in [0.1, 0.15) is 5.75 Å². The summed E-state index contributed by atoms with van der Waals surface area (Å²) in [6, 6.07) is 6.31. The van der Waals surface area contributed by atoms with Crippen LogP contribution in [0.4, 0.5) is 24.8 Å². The van der Waals surface area contributed by atoms with Crippen molar-refractivity contribution in [1.29, 1.82) is 0 Å². The van der Waals surface area contributed by atoms with Crippen molar-refractivity contribution < 1.29 is 22.6 Å². The Balaban J connectivity index is 2.12. The van der Waals surface area contributed by atoms with Gasteiger partial charge in [0, 0.05) is 18.9 Å². The van der Waals surface area contributed by atoms with Gasteiger partial charge in [-0.2, -0.15) is 0 Å². The van der Waals surface area contributed by atoms with E-state index in [4.69, 9.17) is 4.74 Å². The van der Waals surface area contributed by atoms with E-state index < -0.39 is 6.36 Å². The second kappa shape index (κ2) is 6.48. The number of nitrogens with zero attached hydrogens (tertiary/aromatic N) is 1. The molecule has 9 heteroatoms. The quantitative estimate of drug-likeness (QED) is 0.887. The molecule has 22 heavy (non-hydrogen) atoms. The first kappa shape index (κ1) is 15.8. The average Bonchev–Trinajstić information content (AvgIpc) is 2.39. The van der Waals surface area contributed by atoms with Crippen LogP contribution in [-0.4, -0.2) is 23.4 Å². The van der Waals surface area contributed by atoms with Crippen molar-refractivity contribution in [3.63, 3.8) is 0 Å². The van der Waals surface area contributed by atoms with Crippen molar-refractivity contribution in [3.05, 3.63) is 46.4 Å². The molecule has 0 saturated heterocycles. The zero-order chi connectivity index (χ0) is 16.2. The maximum Gasteiger partial charge on any atom is 0.573 e. The van der Waals surface area contributed by atoms with E-state index in [0.29, 0.717) is 11.4 Å². The third kappa shape index (κ3) is 4.77. The molecule has 1 heterocycles. The van der Waals surface area contributed by atoms with Crippen LogP contribution >= 0.6 is 0 Å². The zero-order valence-corrected chi connectivity index (χ0v) is 11.4. The van der Waals surface area contributed by atoms with Crippen molar-refractivity contribution in [1.82, 2.24) is 9.97 Å². The van der Waals surface area contributed by atoms with Crippen LogP contribution in [0.25, 0.3) is 0 Å². The molecule has 0 amide bonds. The fourth-order valence-electron chi connectivity index (χ4n) is 1.67. The summed E-state index contributed by atoms with van der Waals surface area (Å²) >= 11 is 0. The molecule has 1 aromatic heterocycles. The molecule has 2 N–H and O–H groups in total. The third-order valence-corrected chi connectivity index (χ3v) is 2.44. The van der Waals surface area contributed by atoms with E-state index in [9.17, 15) is 18.0 Å². The molecule has 6 nitrogen and oxygen atoms in total. The molecule has 0 spiro atoms. The summed E-state index contributed by atoms with van der Waals surface area (Å²) < 4.78 is 44.8. The normalized spacial score (nSPS) is 11.3. The van der Waals surface area contributed by atoms with Gasteiger partial charge in [-0.1, -0.05) is 0 Å². The van der Waals surface area contributed by atoms with Crippen LogP contribution in [0.1, 0.15) is 5.69 Å². The Morgan fingerprint density at radius 2 is 1.95 bits per heavy atom. The van der Waals surface area contributed by atoms with Crippen molar-refractivity contribution in [2.24, 2.45) is 0 Å². The van der Waals surface area contributed by atoms with E-state index in [2.05, 4.69) is 20.0 Å². The molecule has 2 aromatic rings. The van der Waals surface area contributed by atoms with Gasteiger partial charge in [0.05, 0.1) is 12.3 Å². The minimum atomic E-state index is -4.74. The van der Waals surface area contributed by atoms with Gasteiger partial charge in [0.2, 0.25) is 5.95 Å². The lowest BCUT2D eigenvalue weighted by molar-refractivity contribution is -0.274. The van der Waals surface area contributed by atoms with Crippen LogP contribution in [0.3, 0.4) is 0 Å². The number of hydrogen-bond acceptors (Lipinski definition) is 5. The van der Waals surface area contributed by atoms with Gasteiger partial charge >= 0.3 is 6.36 Å². The summed E-state index contributed by atoms with van der Waals surface area (Å²) in [5, 5.41) is 2.77. The summed E-state index contributed by atoms with van der Waals surface area (Å²) in [5.41, 5.74) is 0.486. The minimum absolute atomic E-state index is 0.157. The van der Waals surface area contributed by atoms with Crippen LogP contribution < -0.4 is 15.6 Å². The summed E-state index contributed by atoms with van der Waals surface area (Å²) in [7, 11) is 1.47. The Kier molecular flexibility index (Phi) is 4.66. The predicted octanol–water partition coefficient (Wildman–Crippen LogP) is 2.56. The maximum absolute atomic E-state index is 12.1. The SMILES string of the molecule is COCc1cc(=O)[nH]c(Nc2ccc(OC(F)(F)F)cc2)n1. The number of nitrogens with one attached hydrogen (secondary N) is 2. The molecular weight excluding hydrogens is 303 g/mol. The highest BCUT2D eigenvalue weighted by atomic mass is 19.4. The molecule has 0 aliphatic carbocycles. The summed E-state index contributed by atoms with van der Waals surface area (Å²) in [5.74, 6) is -0.184. The maximum atomic E-state index is 12.1. The highest BCUT2D eigenvalue weighted by Gasteiger charge is 2.30. The Labute approximate surface area is 122 Å². The van der Waals surface area contributed by atoms with Crippen LogP contribution in [0, 0.1) is 0 Å². The smallest absolute Gasteiger partial charge is 0.406 e. The number of rotatable bonds is 5. The molecule has 0 fully saturated rings. The van der Waals surface area contributed by atoms with E-state index in [0.717, 1.165) is 12.1 Å². The molecule has 0 unspecified atom stereocenters. The van der Waals surface area contributed by atoms with Crippen LogP contribution in [0.5, 0.6) is 5.75 Å². The van der Waals surface area contributed by atoms with E-state index in [1.165, 1.54) is 25.3 Å². The van der Waals surface area contributed by atoms with Gasteiger partial charge < -0.3 is 14.8 Å². The van der Waals surface area contributed by atoms with Gasteiger partial charge in [-0.05, 0) is 24.3 Å². The summed E-state index contributed by atoms with van der Waals surface area (Å²) in [4.78, 5) is 18.0. The van der Waals surface area contributed by atoms with E-state index in [1.807, 2.05) is 0 Å². The van der Waals surface area contributed by atoms with Crippen molar-refractivity contribution in [2.45, 2.75) is 13.0 Å². The number of benzene rings is 1. The van der Waals surface area contributed by atoms with Gasteiger partial charge in [0.15, 0.2) is 0 Å². The highest BCUT2D eigenvalue weighted by Crippen LogP contribution is 2.24. The Hall–Kier alpha value is -2.55. The predicted molar refractivity (Wildman–Crippen MR) is 72.0 cm³/mol. The lowest BCUT2D eigenvalue weighted by Crippen LogP contribution is -2.17. The molecule has 1 aromatic carbocycles. The van der Waals surface area contributed by atoms with Gasteiger partial charge in [-0.15, -0.1) is 13.2 Å². The highest BCUT2D eigenvalue weighted by molar-refractivity contribution is 5.54. The first-order valence-electron chi connectivity index (χ1n) is 6.08. The topological polar surface area (TPSA) is 76.2 Å². The molecule has 0 radical (unpaired) electrons. The number of aromatic amines is 1. The second-order valence-electron chi connectivity index (χ2n) is 4.22. The number of halogens is 3. The van der Waals surface area contributed by atoms with E-state index in [1.54, 1.807) is 0 Å². The van der Waals surface area contributed by atoms with Gasteiger partial charge in [-0.25, -0.2) is 4.98 Å². The Bertz CT molecular complexity index is 683. The zero-order valence-electron chi connectivity index (χ0n) is 11.4. The molecule has 118 valence electrons. The van der Waals surface area contributed by atoms with Gasteiger partial charge in [0.25, 0.3) is 5.56 Å². The molecule has 2 rings (SSSR count). The molecular formula is C13H12F3N3O3. The number of aromatic nitrogens is 2. The van der Waals surface area contributed by atoms with E-state index >= 15 is 0 Å². The average molecular weight is 315 g/mol. The van der Waals surface area contributed by atoms with Crippen molar-refractivity contribution in [2.75, 3.05) is 12.4 Å². The van der Waals surface area contributed by atoms with Gasteiger partial charge in [-0.3, -0.25) is 9.78 Å². The molecule has 0 saturated carbocycles. The molecule has 0 bridgehead atoms. The lowest BCUT2D eigenvalue weighted by atomic mass is 10.3. The van der Waals surface area contributed by atoms with Crippen LogP contribution in [0.15, 0.2) is 35.1 Å². The second-order valence-corrected chi connectivity index (χ2v) is 4.22. The minimum Gasteiger partial charge on any atom is -0.406 e. The fraction of sp³-hybridized carbons (Fsp3) is 0.231. The monoisotopic (exact) mass is 315 g/mol. The number of alkyl halides is 3.